The standard InChI is InChI=1S/C19H23N3O5S3/c23-18(15-3-1-7-22(15)19(24)16-4-2-12-28-16)20-13-14-5-6-17(29-14)30(25,26)21-8-10-27-11-9-21/h2,4-6,12,15H,1,3,7-11,13H2,(H,20,23)/t15-/m0/s1. The molecule has 2 saturated heterocycles. The lowest BCUT2D eigenvalue weighted by Gasteiger charge is -2.25. The van der Waals surface area contributed by atoms with E-state index >= 15 is 0 Å². The Bertz CT molecular complexity index is 997. The van der Waals surface area contributed by atoms with Crippen LogP contribution in [0, 0.1) is 0 Å². The molecule has 2 aliphatic rings. The minimum absolute atomic E-state index is 0.113. The highest BCUT2D eigenvalue weighted by Gasteiger charge is 2.35. The molecule has 2 aromatic rings. The second-order valence-corrected chi connectivity index (χ2v) is 11.4. The van der Waals surface area contributed by atoms with E-state index in [9.17, 15) is 18.0 Å². The Morgan fingerprint density at radius 1 is 1.17 bits per heavy atom. The zero-order chi connectivity index (χ0) is 21.1. The molecule has 0 bridgehead atoms. The number of morpholine rings is 1. The van der Waals surface area contributed by atoms with Gasteiger partial charge in [0.25, 0.3) is 15.9 Å². The molecule has 11 heteroatoms. The van der Waals surface area contributed by atoms with Gasteiger partial charge < -0.3 is 15.0 Å². The van der Waals surface area contributed by atoms with E-state index in [2.05, 4.69) is 5.32 Å². The molecule has 0 spiro atoms. The Morgan fingerprint density at radius 2 is 1.97 bits per heavy atom. The van der Waals surface area contributed by atoms with Gasteiger partial charge in [0.15, 0.2) is 0 Å². The van der Waals surface area contributed by atoms with Crippen molar-refractivity contribution >= 4 is 44.5 Å². The predicted molar refractivity (Wildman–Crippen MR) is 114 cm³/mol. The van der Waals surface area contributed by atoms with Crippen molar-refractivity contribution in [2.75, 3.05) is 32.8 Å². The molecule has 30 heavy (non-hydrogen) atoms. The maximum absolute atomic E-state index is 12.7. The van der Waals surface area contributed by atoms with Crippen LogP contribution in [0.4, 0.5) is 0 Å². The third-order valence-corrected chi connectivity index (χ3v) is 9.50. The molecular weight excluding hydrogens is 446 g/mol. The summed E-state index contributed by atoms with van der Waals surface area (Å²) in [6.07, 6.45) is 1.42. The average molecular weight is 470 g/mol. The molecule has 0 aliphatic carbocycles. The number of nitrogens with zero attached hydrogens (tertiary/aromatic N) is 2. The van der Waals surface area contributed by atoms with Gasteiger partial charge in [-0.2, -0.15) is 4.31 Å². The van der Waals surface area contributed by atoms with Gasteiger partial charge >= 0.3 is 0 Å². The van der Waals surface area contributed by atoms with E-state index in [0.717, 1.165) is 22.6 Å². The molecule has 1 N–H and O–H groups in total. The van der Waals surface area contributed by atoms with Gasteiger partial charge in [0.05, 0.1) is 24.6 Å². The molecule has 2 fully saturated rings. The molecule has 162 valence electrons. The van der Waals surface area contributed by atoms with Gasteiger partial charge in [-0.3, -0.25) is 9.59 Å². The van der Waals surface area contributed by atoms with Crippen LogP contribution in [0.3, 0.4) is 0 Å². The lowest BCUT2D eigenvalue weighted by molar-refractivity contribution is -0.125. The highest BCUT2D eigenvalue weighted by molar-refractivity contribution is 7.91. The highest BCUT2D eigenvalue weighted by Crippen LogP contribution is 2.26. The fraction of sp³-hybridized carbons (Fsp3) is 0.474. The van der Waals surface area contributed by atoms with Crippen molar-refractivity contribution in [3.05, 3.63) is 39.4 Å². The number of nitrogens with one attached hydrogen (secondary N) is 1. The van der Waals surface area contributed by atoms with E-state index in [-0.39, 0.29) is 22.6 Å². The number of carbonyl (C=O) groups is 2. The summed E-state index contributed by atoms with van der Waals surface area (Å²) in [6, 6.07) is 6.40. The lowest BCUT2D eigenvalue weighted by Crippen LogP contribution is -2.45. The summed E-state index contributed by atoms with van der Waals surface area (Å²) in [4.78, 5) is 28.4. The first-order chi connectivity index (χ1) is 14.5. The maximum Gasteiger partial charge on any atom is 0.264 e. The quantitative estimate of drug-likeness (QED) is 0.695. The van der Waals surface area contributed by atoms with E-state index in [0.29, 0.717) is 44.1 Å². The number of hydrogen-bond donors (Lipinski definition) is 1. The SMILES string of the molecule is O=C(NCc1ccc(S(=O)(=O)N2CCOCC2)s1)[C@@H]1CCCN1C(=O)c1cccs1. The van der Waals surface area contributed by atoms with Crippen molar-refractivity contribution in [2.45, 2.75) is 29.6 Å². The van der Waals surface area contributed by atoms with E-state index in [1.54, 1.807) is 23.1 Å². The van der Waals surface area contributed by atoms with Crippen LogP contribution in [0.2, 0.25) is 0 Å². The zero-order valence-corrected chi connectivity index (χ0v) is 18.7. The first kappa shape index (κ1) is 21.4. The summed E-state index contributed by atoms with van der Waals surface area (Å²) < 4.78 is 32.4. The summed E-state index contributed by atoms with van der Waals surface area (Å²) >= 11 is 2.53. The minimum Gasteiger partial charge on any atom is -0.379 e. The van der Waals surface area contributed by atoms with Gasteiger partial charge in [-0.1, -0.05) is 6.07 Å². The molecule has 0 saturated carbocycles. The summed E-state index contributed by atoms with van der Waals surface area (Å²) in [7, 11) is -3.53. The summed E-state index contributed by atoms with van der Waals surface area (Å²) in [5, 5.41) is 4.71. The van der Waals surface area contributed by atoms with Crippen molar-refractivity contribution in [3.8, 4) is 0 Å². The zero-order valence-electron chi connectivity index (χ0n) is 16.3. The smallest absolute Gasteiger partial charge is 0.264 e. The minimum atomic E-state index is -3.53. The number of thiophene rings is 2. The van der Waals surface area contributed by atoms with Crippen LogP contribution in [0.1, 0.15) is 27.4 Å². The largest absolute Gasteiger partial charge is 0.379 e. The van der Waals surface area contributed by atoms with Crippen LogP contribution in [0.5, 0.6) is 0 Å². The molecule has 0 aromatic carbocycles. The fourth-order valence-corrected chi connectivity index (χ4v) is 7.16. The van der Waals surface area contributed by atoms with E-state index in [1.807, 2.05) is 11.4 Å². The fourth-order valence-electron chi connectivity index (χ4n) is 3.62. The Kier molecular flexibility index (Phi) is 6.54. The van der Waals surface area contributed by atoms with Crippen LogP contribution in [0.25, 0.3) is 0 Å². The van der Waals surface area contributed by atoms with Gasteiger partial charge in [0.2, 0.25) is 5.91 Å². The Balaban J connectivity index is 1.37. The van der Waals surface area contributed by atoms with E-state index in [4.69, 9.17) is 4.74 Å². The van der Waals surface area contributed by atoms with Gasteiger partial charge in [0, 0.05) is 24.5 Å². The maximum atomic E-state index is 12.7. The molecule has 8 nitrogen and oxygen atoms in total. The van der Waals surface area contributed by atoms with Crippen LogP contribution in [-0.4, -0.2) is 68.3 Å². The van der Waals surface area contributed by atoms with E-state index in [1.165, 1.54) is 15.6 Å². The van der Waals surface area contributed by atoms with Crippen LogP contribution in [0.15, 0.2) is 33.9 Å². The Morgan fingerprint density at radius 3 is 2.70 bits per heavy atom. The summed E-state index contributed by atoms with van der Waals surface area (Å²) in [6.45, 7) is 2.30. The van der Waals surface area contributed by atoms with Crippen molar-refractivity contribution in [2.24, 2.45) is 0 Å². The third kappa shape index (κ3) is 4.45. The Labute approximate surface area is 183 Å². The first-order valence-electron chi connectivity index (χ1n) is 9.75. The molecule has 4 rings (SSSR count). The second-order valence-electron chi connectivity index (χ2n) is 7.09. The first-order valence-corrected chi connectivity index (χ1v) is 12.9. The van der Waals surface area contributed by atoms with Gasteiger partial charge in [0.1, 0.15) is 10.3 Å². The van der Waals surface area contributed by atoms with Crippen molar-refractivity contribution in [1.82, 2.24) is 14.5 Å². The molecule has 0 radical (unpaired) electrons. The van der Waals surface area contributed by atoms with Crippen molar-refractivity contribution in [1.29, 1.82) is 0 Å². The number of sulfonamides is 1. The van der Waals surface area contributed by atoms with Gasteiger partial charge in [-0.25, -0.2) is 8.42 Å². The van der Waals surface area contributed by atoms with Crippen LogP contribution < -0.4 is 5.32 Å². The summed E-state index contributed by atoms with van der Waals surface area (Å²) in [5.41, 5.74) is 0. The number of hydrogen-bond acceptors (Lipinski definition) is 7. The molecule has 4 heterocycles. The monoisotopic (exact) mass is 469 g/mol. The second kappa shape index (κ2) is 9.15. The van der Waals surface area contributed by atoms with Crippen molar-refractivity contribution < 1.29 is 22.7 Å². The third-order valence-electron chi connectivity index (χ3n) is 5.19. The molecule has 2 aliphatic heterocycles. The number of ether oxygens (including phenoxy) is 1. The number of carbonyl (C=O) groups excluding carboxylic acids is 2. The van der Waals surface area contributed by atoms with Crippen LogP contribution >= 0.6 is 22.7 Å². The summed E-state index contributed by atoms with van der Waals surface area (Å²) in [5.74, 6) is -0.318. The predicted octanol–water partition coefficient (Wildman–Crippen LogP) is 1.75. The lowest BCUT2D eigenvalue weighted by atomic mass is 10.2. The van der Waals surface area contributed by atoms with E-state index < -0.39 is 16.1 Å². The highest BCUT2D eigenvalue weighted by atomic mass is 32.2. The molecule has 2 amide bonds. The molecule has 0 unspecified atom stereocenters. The van der Waals surface area contributed by atoms with Gasteiger partial charge in [-0.05, 0) is 36.4 Å². The number of likely N-dealkylation sites (tertiary alicyclic amines) is 1. The topological polar surface area (TPSA) is 96.0 Å². The average Bonchev–Trinajstić information content (AvgIpc) is 3.53. The molecule has 2 aromatic heterocycles. The molecule has 1 atom stereocenters. The molecular formula is C19H23N3O5S3. The van der Waals surface area contributed by atoms with Crippen LogP contribution in [-0.2, 0) is 26.1 Å². The van der Waals surface area contributed by atoms with Crippen molar-refractivity contribution in [3.63, 3.8) is 0 Å². The van der Waals surface area contributed by atoms with Gasteiger partial charge in [-0.15, -0.1) is 22.7 Å². The normalized spacial score (nSPS) is 20.4. The Hall–Kier alpha value is -1.79. The number of rotatable bonds is 6. The number of amides is 2.